The quantitative estimate of drug-likeness (QED) is 0.0788. The molecular weight excluding hydrogens is 705 g/mol. The van der Waals surface area contributed by atoms with E-state index < -0.39 is 41.4 Å². The maximum absolute atomic E-state index is 13.6. The maximum atomic E-state index is 13.6. The molecule has 0 bridgehead atoms. The summed E-state index contributed by atoms with van der Waals surface area (Å²) in [7, 11) is 3.25. The summed E-state index contributed by atoms with van der Waals surface area (Å²) in [6, 6.07) is 4.12. The van der Waals surface area contributed by atoms with Crippen LogP contribution < -0.4 is 32.1 Å². The van der Waals surface area contributed by atoms with Crippen LogP contribution >= 0.6 is 11.8 Å². The molecule has 4 rings (SSSR count). The van der Waals surface area contributed by atoms with Gasteiger partial charge in [0.1, 0.15) is 11.6 Å². The SMILES string of the molecule is CN(CCN(C)C(=O)[C@H](CCCCNC(=O)OC(C)(C)C)NC(=O)c1ccc(C2(C(F)(F)F)NN2)cc1)C(=O)CCCC[C@H]1SCC2NC(=O)N[C@H]21. The van der Waals surface area contributed by atoms with Crippen molar-refractivity contribution in [2.24, 2.45) is 0 Å². The number of alkyl halides is 3. The van der Waals surface area contributed by atoms with Gasteiger partial charge in [0.25, 0.3) is 5.91 Å². The normalized spacial score (nSPS) is 20.9. The number of urea groups is 1. The second kappa shape index (κ2) is 17.4. The van der Waals surface area contributed by atoms with Gasteiger partial charge in [-0.1, -0.05) is 18.6 Å². The number of fused-ring (bicyclic) bond motifs is 1. The molecule has 3 fully saturated rings. The molecule has 6 N–H and O–H groups in total. The Morgan fingerprint density at radius 1 is 0.981 bits per heavy atom. The summed E-state index contributed by atoms with van der Waals surface area (Å²) in [4.78, 5) is 66.3. The number of hydrazine groups is 1. The Labute approximate surface area is 306 Å². The molecule has 4 atom stereocenters. The standard InChI is InChI=1S/C34H51F3N8O6S/c1-32(2,3)51-31(50)38-17-9-8-10-23(39-28(47)21-13-15-22(16-14-21)33(42-43-33)34(35,36)37)29(48)45(5)19-18-44(4)26(46)12-7-6-11-25-27-24(20-52-25)40-30(49)41-27/h13-16,23-25,27,42-43H,6-12,17-20H2,1-5H3,(H,38,50)(H,39,47)(H2,40,41,49)/t23-,24?,25+,27+/m0/s1. The van der Waals surface area contributed by atoms with E-state index in [1.807, 2.05) is 11.8 Å². The summed E-state index contributed by atoms with van der Waals surface area (Å²) < 4.78 is 45.7. The highest BCUT2D eigenvalue weighted by molar-refractivity contribution is 8.00. The number of alkyl carbamates (subject to hydrolysis) is 1. The van der Waals surface area contributed by atoms with Gasteiger partial charge in [-0.3, -0.25) is 14.4 Å². The molecule has 1 unspecified atom stereocenters. The molecule has 0 aliphatic carbocycles. The number of nitrogens with zero attached hydrogens (tertiary/aromatic N) is 2. The molecule has 3 aliphatic heterocycles. The molecule has 52 heavy (non-hydrogen) atoms. The van der Waals surface area contributed by atoms with Crippen LogP contribution in [0.15, 0.2) is 24.3 Å². The van der Waals surface area contributed by atoms with Crippen LogP contribution in [0.2, 0.25) is 0 Å². The molecule has 3 aliphatic rings. The fraction of sp³-hybridized carbons (Fsp3) is 0.676. The number of nitrogens with one attached hydrogen (secondary N) is 6. The lowest BCUT2D eigenvalue weighted by Crippen LogP contribution is -2.49. The van der Waals surface area contributed by atoms with E-state index in [-0.39, 0.29) is 61.2 Å². The molecule has 0 aromatic heterocycles. The van der Waals surface area contributed by atoms with Crippen LogP contribution in [0, 0.1) is 0 Å². The molecule has 6 amide bonds. The number of rotatable bonds is 17. The molecular formula is C34H51F3N8O6S. The van der Waals surface area contributed by atoms with Gasteiger partial charge < -0.3 is 35.8 Å². The van der Waals surface area contributed by atoms with Gasteiger partial charge >= 0.3 is 18.3 Å². The predicted molar refractivity (Wildman–Crippen MR) is 189 cm³/mol. The first-order chi connectivity index (χ1) is 24.4. The summed E-state index contributed by atoms with van der Waals surface area (Å²) in [5, 5.41) is 11.6. The number of carbonyl (C=O) groups is 5. The lowest BCUT2D eigenvalue weighted by atomic mass is 10.0. The van der Waals surface area contributed by atoms with Crippen molar-refractivity contribution in [3.05, 3.63) is 35.4 Å². The van der Waals surface area contributed by atoms with Gasteiger partial charge in [-0.2, -0.15) is 24.9 Å². The second-order valence-electron chi connectivity index (χ2n) is 14.5. The van der Waals surface area contributed by atoms with Crippen LogP contribution in [0.5, 0.6) is 0 Å². The van der Waals surface area contributed by atoms with E-state index in [1.54, 1.807) is 39.8 Å². The van der Waals surface area contributed by atoms with Crippen molar-refractivity contribution in [3.8, 4) is 0 Å². The minimum absolute atomic E-state index is 0.0525. The first kappa shape index (κ1) is 41.0. The zero-order valence-electron chi connectivity index (χ0n) is 30.3. The number of hydrogen-bond donors (Lipinski definition) is 6. The van der Waals surface area contributed by atoms with E-state index in [2.05, 4.69) is 32.1 Å². The van der Waals surface area contributed by atoms with Crippen LogP contribution in [-0.4, -0.2) is 114 Å². The van der Waals surface area contributed by atoms with Gasteiger partial charge in [-0.05, 0) is 70.6 Å². The van der Waals surface area contributed by atoms with E-state index >= 15 is 0 Å². The minimum atomic E-state index is -4.59. The molecule has 290 valence electrons. The zero-order valence-corrected chi connectivity index (χ0v) is 31.1. The fourth-order valence-electron chi connectivity index (χ4n) is 6.12. The highest BCUT2D eigenvalue weighted by Gasteiger charge is 2.65. The summed E-state index contributed by atoms with van der Waals surface area (Å²) in [6.45, 7) is 6.01. The smallest absolute Gasteiger partial charge is 0.426 e. The summed E-state index contributed by atoms with van der Waals surface area (Å²) in [5.74, 6) is -0.196. The summed E-state index contributed by atoms with van der Waals surface area (Å²) in [5.41, 5.74) is 1.20. The van der Waals surface area contributed by atoms with Gasteiger partial charge in [-0.25, -0.2) is 20.4 Å². The molecule has 3 heterocycles. The van der Waals surface area contributed by atoms with E-state index in [0.717, 1.165) is 18.6 Å². The number of halogens is 3. The largest absolute Gasteiger partial charge is 0.444 e. The van der Waals surface area contributed by atoms with Crippen molar-refractivity contribution in [2.75, 3.05) is 39.5 Å². The molecule has 1 aromatic rings. The Morgan fingerprint density at radius 2 is 1.65 bits per heavy atom. The number of hydrogen-bond acceptors (Lipinski definition) is 9. The van der Waals surface area contributed by atoms with Gasteiger partial charge in [0, 0.05) is 56.7 Å². The third-order valence-electron chi connectivity index (χ3n) is 9.21. The van der Waals surface area contributed by atoms with Gasteiger partial charge in [0.2, 0.25) is 17.5 Å². The Bertz CT molecular complexity index is 1440. The van der Waals surface area contributed by atoms with Crippen LogP contribution in [0.1, 0.15) is 81.6 Å². The summed E-state index contributed by atoms with van der Waals surface area (Å²) in [6.07, 6.45) is -1.19. The third kappa shape index (κ3) is 11.1. The number of amides is 6. The lowest BCUT2D eigenvalue weighted by Gasteiger charge is -2.27. The van der Waals surface area contributed by atoms with Crippen LogP contribution in [-0.2, 0) is 20.0 Å². The molecule has 0 spiro atoms. The van der Waals surface area contributed by atoms with Gasteiger partial charge in [0.15, 0.2) is 0 Å². The van der Waals surface area contributed by atoms with Crippen molar-refractivity contribution in [1.29, 1.82) is 0 Å². The lowest BCUT2D eigenvalue weighted by molar-refractivity contribution is -0.165. The Morgan fingerprint density at radius 3 is 2.29 bits per heavy atom. The van der Waals surface area contributed by atoms with E-state index in [0.29, 0.717) is 30.9 Å². The molecule has 0 saturated carbocycles. The summed E-state index contributed by atoms with van der Waals surface area (Å²) >= 11 is 1.83. The predicted octanol–water partition coefficient (Wildman–Crippen LogP) is 2.95. The maximum Gasteiger partial charge on any atom is 0.426 e. The topological polar surface area (TPSA) is 193 Å². The second-order valence-corrected chi connectivity index (χ2v) is 15.7. The van der Waals surface area contributed by atoms with E-state index in [9.17, 15) is 37.1 Å². The molecule has 1 aromatic carbocycles. The average molecular weight is 757 g/mol. The van der Waals surface area contributed by atoms with Crippen molar-refractivity contribution < 1.29 is 41.9 Å². The molecule has 0 radical (unpaired) electrons. The highest BCUT2D eigenvalue weighted by Crippen LogP contribution is 2.42. The number of ether oxygens (including phenoxy) is 1. The molecule has 3 saturated heterocycles. The van der Waals surface area contributed by atoms with Crippen LogP contribution in [0.25, 0.3) is 0 Å². The van der Waals surface area contributed by atoms with Gasteiger partial charge in [-0.15, -0.1) is 0 Å². The van der Waals surface area contributed by atoms with Crippen LogP contribution in [0.4, 0.5) is 22.8 Å². The highest BCUT2D eigenvalue weighted by atomic mass is 32.2. The number of benzene rings is 1. The first-order valence-corrected chi connectivity index (χ1v) is 18.6. The minimum Gasteiger partial charge on any atom is -0.444 e. The number of thioether (sulfide) groups is 1. The zero-order chi connectivity index (χ0) is 38.3. The van der Waals surface area contributed by atoms with Crippen LogP contribution in [0.3, 0.4) is 0 Å². The van der Waals surface area contributed by atoms with Crippen molar-refractivity contribution in [2.45, 2.75) is 107 Å². The number of carbonyl (C=O) groups excluding carboxylic acids is 5. The van der Waals surface area contributed by atoms with Crippen molar-refractivity contribution in [1.82, 2.24) is 41.9 Å². The average Bonchev–Trinajstić information content (AvgIpc) is 3.71. The Kier molecular flexibility index (Phi) is 13.7. The molecule has 14 nitrogen and oxygen atoms in total. The van der Waals surface area contributed by atoms with E-state index in [1.165, 1.54) is 29.2 Å². The third-order valence-corrected chi connectivity index (χ3v) is 10.7. The van der Waals surface area contributed by atoms with Crippen molar-refractivity contribution in [3.63, 3.8) is 0 Å². The van der Waals surface area contributed by atoms with Crippen molar-refractivity contribution >= 4 is 41.6 Å². The Balaban J connectivity index is 1.26. The first-order valence-electron chi connectivity index (χ1n) is 17.6. The fourth-order valence-corrected chi connectivity index (χ4v) is 7.66. The molecule has 18 heteroatoms. The van der Waals surface area contributed by atoms with E-state index in [4.69, 9.17) is 4.74 Å². The Hall–Kier alpha value is -3.77. The monoisotopic (exact) mass is 756 g/mol. The van der Waals surface area contributed by atoms with Gasteiger partial charge in [0.05, 0.1) is 12.1 Å². The number of unbranched alkanes of at least 4 members (excludes halogenated alkanes) is 2. The number of likely N-dealkylation sites (N-methyl/N-ethyl adjacent to an activating group) is 2.